The molecule has 1 aromatic carbocycles. The zero-order valence-corrected chi connectivity index (χ0v) is 9.48. The molecule has 0 bridgehead atoms. The van der Waals surface area contributed by atoms with Gasteiger partial charge in [-0.25, -0.2) is 0 Å². The molecule has 1 aliphatic carbocycles. The quantitative estimate of drug-likeness (QED) is 0.795. The number of hydrogen-bond acceptors (Lipinski definition) is 1. The molecule has 0 fully saturated rings. The molecule has 0 heterocycles. The van der Waals surface area contributed by atoms with Gasteiger partial charge in [0.25, 0.3) is 0 Å². The highest BCUT2D eigenvalue weighted by molar-refractivity contribution is 5.52. The van der Waals surface area contributed by atoms with Gasteiger partial charge in [0, 0.05) is 5.22 Å². The third kappa shape index (κ3) is 2.08. The Bertz CT molecular complexity index is 548. The molecule has 82 valence electrons. The summed E-state index contributed by atoms with van der Waals surface area (Å²) in [5.41, 5.74) is 1.30. The van der Waals surface area contributed by atoms with E-state index in [4.69, 9.17) is 0 Å². The van der Waals surface area contributed by atoms with Gasteiger partial charge in [0.2, 0.25) is 0 Å². The molecule has 1 aliphatic rings. The topological polar surface area (TPSA) is 20.2 Å². The van der Waals surface area contributed by atoms with Crippen LogP contribution >= 0.6 is 0 Å². The summed E-state index contributed by atoms with van der Waals surface area (Å²) >= 11 is 0. The van der Waals surface area contributed by atoms with Gasteiger partial charge in [-0.1, -0.05) is 55.9 Å². The van der Waals surface area contributed by atoms with E-state index in [-0.39, 0.29) is 0 Å². The van der Waals surface area contributed by atoms with E-state index in [9.17, 15) is 5.11 Å². The van der Waals surface area contributed by atoms with Gasteiger partial charge in [0.1, 0.15) is 5.75 Å². The van der Waals surface area contributed by atoms with Crippen molar-refractivity contribution in [3.63, 3.8) is 0 Å². The molecule has 1 nitrogen and oxygen atoms in total. The Morgan fingerprint density at radius 3 is 2.31 bits per heavy atom. The molecule has 1 N–H and O–H groups in total. The lowest BCUT2D eigenvalue weighted by Gasteiger charge is -2.04. The first-order valence-electron chi connectivity index (χ1n) is 5.69. The van der Waals surface area contributed by atoms with Gasteiger partial charge in [0.05, 0.1) is 0 Å². The largest absolute Gasteiger partial charge is 0.507 e. The third-order valence-corrected chi connectivity index (χ3v) is 2.73. The van der Waals surface area contributed by atoms with E-state index in [0.717, 1.165) is 23.3 Å². The molecule has 1 heteroatoms. The number of fused-ring (bicyclic) bond motifs is 1. The lowest BCUT2D eigenvalue weighted by molar-refractivity contribution is 0.470. The number of aryl methyl sites for hydroxylation is 1. The molecule has 0 atom stereocenters. The fourth-order valence-electron chi connectivity index (χ4n) is 1.96. The van der Waals surface area contributed by atoms with Gasteiger partial charge in [-0.15, -0.1) is 0 Å². The van der Waals surface area contributed by atoms with Gasteiger partial charge in [-0.2, -0.15) is 0 Å². The van der Waals surface area contributed by atoms with Crippen LogP contribution in [-0.2, 0) is 6.42 Å². The predicted molar refractivity (Wildman–Crippen MR) is 68.6 cm³/mol. The molecule has 0 saturated heterocycles. The summed E-state index contributed by atoms with van der Waals surface area (Å²) in [7, 11) is 0. The van der Waals surface area contributed by atoms with Crippen molar-refractivity contribution in [3.05, 3.63) is 52.4 Å². The van der Waals surface area contributed by atoms with Crippen LogP contribution in [0.2, 0.25) is 0 Å². The number of aromatic hydroxyl groups is 1. The maximum absolute atomic E-state index is 9.86. The average molecular weight is 212 g/mol. The van der Waals surface area contributed by atoms with Crippen LogP contribution in [0, 0.1) is 0 Å². The van der Waals surface area contributed by atoms with E-state index >= 15 is 0 Å². The minimum Gasteiger partial charge on any atom is -0.507 e. The first kappa shape index (κ1) is 10.7. The molecular formula is C15H16O. The fraction of sp³-hybridized carbons (Fsp3) is 0.200. The van der Waals surface area contributed by atoms with Gasteiger partial charge in [0.15, 0.2) is 0 Å². The standard InChI is InChI=1S/C15H16O/c1-2-7-12-10-11-15(16)14-9-6-4-3-5-8-13(12)14/h3-6,8-11,16H,2,7H2,1H3/b4-3?,5-3+,6-4+,8-5?,9-6?,13-8-,14-9+. The first-order valence-corrected chi connectivity index (χ1v) is 5.69. The summed E-state index contributed by atoms with van der Waals surface area (Å²) in [5, 5.41) is 11.9. The van der Waals surface area contributed by atoms with Crippen LogP contribution < -0.4 is 10.4 Å². The molecule has 0 unspecified atom stereocenters. The van der Waals surface area contributed by atoms with Crippen molar-refractivity contribution >= 4 is 12.2 Å². The molecule has 0 saturated carbocycles. The highest BCUT2D eigenvalue weighted by atomic mass is 16.3. The Balaban J connectivity index is 2.76. The lowest BCUT2D eigenvalue weighted by Crippen LogP contribution is -2.28. The van der Waals surface area contributed by atoms with Crippen LogP contribution in [0.5, 0.6) is 5.75 Å². The lowest BCUT2D eigenvalue weighted by atomic mass is 10.0. The van der Waals surface area contributed by atoms with Crippen LogP contribution in [0.3, 0.4) is 0 Å². The van der Waals surface area contributed by atoms with Crippen molar-refractivity contribution in [1.82, 2.24) is 0 Å². The van der Waals surface area contributed by atoms with E-state index in [1.807, 2.05) is 36.4 Å². The number of benzene rings is 1. The van der Waals surface area contributed by atoms with Crippen LogP contribution in [0.25, 0.3) is 12.2 Å². The maximum Gasteiger partial charge on any atom is 0.123 e. The Hall–Kier alpha value is -1.76. The zero-order valence-electron chi connectivity index (χ0n) is 9.48. The van der Waals surface area contributed by atoms with Crippen LogP contribution in [-0.4, -0.2) is 5.11 Å². The molecule has 0 aromatic heterocycles. The summed E-state index contributed by atoms with van der Waals surface area (Å²) in [6, 6.07) is 3.80. The Labute approximate surface area is 95.7 Å². The van der Waals surface area contributed by atoms with Crippen molar-refractivity contribution in [2.24, 2.45) is 0 Å². The van der Waals surface area contributed by atoms with Crippen molar-refractivity contribution < 1.29 is 5.11 Å². The monoisotopic (exact) mass is 212 g/mol. The summed E-state index contributed by atoms with van der Waals surface area (Å²) in [6.07, 6.45) is 14.1. The van der Waals surface area contributed by atoms with Crippen LogP contribution in [0.1, 0.15) is 18.9 Å². The predicted octanol–water partition coefficient (Wildman–Crippen LogP) is 2.03. The Morgan fingerprint density at radius 1 is 0.938 bits per heavy atom. The zero-order chi connectivity index (χ0) is 11.4. The number of allylic oxidation sites excluding steroid dienone is 4. The van der Waals surface area contributed by atoms with Crippen molar-refractivity contribution in [3.8, 4) is 5.75 Å². The minimum atomic E-state index is 0.353. The van der Waals surface area contributed by atoms with Crippen molar-refractivity contribution in [1.29, 1.82) is 0 Å². The fourth-order valence-corrected chi connectivity index (χ4v) is 1.96. The average Bonchev–Trinajstić information content (AvgIpc) is 2.23. The number of phenols is 1. The normalized spacial score (nSPS) is 21.6. The minimum absolute atomic E-state index is 0.353. The molecule has 2 rings (SSSR count). The van der Waals surface area contributed by atoms with E-state index in [1.165, 1.54) is 5.56 Å². The smallest absolute Gasteiger partial charge is 0.123 e. The SMILES string of the molecule is CCCc1ccc(O)c2/c1=C\C=C\C=C\C=2. The first-order chi connectivity index (χ1) is 7.83. The second kappa shape index (κ2) is 4.84. The number of phenolic OH excluding ortho intramolecular Hbond substituents is 1. The van der Waals surface area contributed by atoms with Gasteiger partial charge < -0.3 is 5.11 Å². The highest BCUT2D eigenvalue weighted by Gasteiger charge is 2.00. The molecule has 0 radical (unpaired) electrons. The summed E-state index contributed by atoms with van der Waals surface area (Å²) in [4.78, 5) is 0. The Kier molecular flexibility index (Phi) is 3.25. The van der Waals surface area contributed by atoms with Crippen LogP contribution in [0.15, 0.2) is 36.4 Å². The molecule has 0 aliphatic heterocycles. The molecule has 16 heavy (non-hydrogen) atoms. The summed E-state index contributed by atoms with van der Waals surface area (Å²) in [6.45, 7) is 2.17. The molecule has 1 aromatic rings. The Morgan fingerprint density at radius 2 is 1.62 bits per heavy atom. The van der Waals surface area contributed by atoms with E-state index in [2.05, 4.69) is 13.0 Å². The molecular weight excluding hydrogens is 196 g/mol. The molecule has 0 amide bonds. The second-order valence-electron chi connectivity index (χ2n) is 3.92. The highest BCUT2D eigenvalue weighted by Crippen LogP contribution is 2.03. The number of rotatable bonds is 2. The van der Waals surface area contributed by atoms with Crippen LogP contribution in [0.4, 0.5) is 0 Å². The van der Waals surface area contributed by atoms with Gasteiger partial charge in [-0.3, -0.25) is 0 Å². The number of hydrogen-bond donors (Lipinski definition) is 1. The molecule has 0 spiro atoms. The van der Waals surface area contributed by atoms with Crippen molar-refractivity contribution in [2.75, 3.05) is 0 Å². The maximum atomic E-state index is 9.86. The second-order valence-corrected chi connectivity index (χ2v) is 3.92. The summed E-state index contributed by atoms with van der Waals surface area (Å²) in [5.74, 6) is 0.353. The van der Waals surface area contributed by atoms with E-state index < -0.39 is 0 Å². The van der Waals surface area contributed by atoms with Gasteiger partial charge in [-0.05, 0) is 23.3 Å². The van der Waals surface area contributed by atoms with E-state index in [1.54, 1.807) is 6.07 Å². The summed E-state index contributed by atoms with van der Waals surface area (Å²) < 4.78 is 0. The van der Waals surface area contributed by atoms with E-state index in [0.29, 0.717) is 5.75 Å². The van der Waals surface area contributed by atoms with Crippen molar-refractivity contribution in [2.45, 2.75) is 19.8 Å². The third-order valence-electron chi connectivity index (χ3n) is 2.73. The van der Waals surface area contributed by atoms with Gasteiger partial charge >= 0.3 is 0 Å².